The Morgan fingerprint density at radius 3 is 2.19 bits per heavy atom. The van der Waals surface area contributed by atoms with Crippen LogP contribution in [0.3, 0.4) is 0 Å². The van der Waals surface area contributed by atoms with Gasteiger partial charge < -0.3 is 5.32 Å². The van der Waals surface area contributed by atoms with Gasteiger partial charge in [-0.1, -0.05) is 23.7 Å². The van der Waals surface area contributed by atoms with Gasteiger partial charge in [-0.2, -0.15) is 0 Å². The molecule has 21 heavy (non-hydrogen) atoms. The Hall–Kier alpha value is -0.880. The third-order valence-electron chi connectivity index (χ3n) is 2.95. The zero-order chi connectivity index (χ0) is 14.8. The fourth-order valence-electron chi connectivity index (χ4n) is 2.02. The summed E-state index contributed by atoms with van der Waals surface area (Å²) in [6.45, 7) is 0. The summed E-state index contributed by atoms with van der Waals surface area (Å²) in [5.74, 6) is -0.360. The first-order valence-corrected chi connectivity index (χ1v) is 9.06. The molecule has 0 aliphatic rings. The fraction of sp³-hybridized carbons (Fsp3) is 0.0667. The molecule has 0 unspecified atom stereocenters. The lowest BCUT2D eigenvalue weighted by molar-refractivity contribution is 0.627. The van der Waals surface area contributed by atoms with Crippen molar-refractivity contribution in [2.45, 2.75) is 6.04 Å². The molecular weight excluding hydrogens is 393 g/mol. The summed E-state index contributed by atoms with van der Waals surface area (Å²) in [6, 6.07) is 10.9. The van der Waals surface area contributed by atoms with E-state index in [-0.39, 0.29) is 11.9 Å². The van der Waals surface area contributed by atoms with Crippen molar-refractivity contribution in [1.82, 2.24) is 0 Å². The second-order valence-corrected chi connectivity index (χ2v) is 7.57. The van der Waals surface area contributed by atoms with E-state index in [9.17, 15) is 4.39 Å². The Bertz CT molecular complexity index is 671. The molecule has 3 aromatic rings. The molecular formula is C15H10BrClFNS2. The summed E-state index contributed by atoms with van der Waals surface area (Å²) in [7, 11) is 0. The first-order chi connectivity index (χ1) is 10.1. The maximum absolute atomic E-state index is 13.4. The van der Waals surface area contributed by atoms with E-state index in [1.54, 1.807) is 22.7 Å². The highest BCUT2D eigenvalue weighted by atomic mass is 79.9. The topological polar surface area (TPSA) is 12.0 Å². The maximum Gasteiger partial charge on any atom is 0.125 e. The Kier molecular flexibility index (Phi) is 4.64. The Labute approximate surface area is 143 Å². The molecule has 2 aromatic heterocycles. The average molecular weight is 403 g/mol. The van der Waals surface area contributed by atoms with E-state index in [0.29, 0.717) is 15.2 Å². The summed E-state index contributed by atoms with van der Waals surface area (Å²) >= 11 is 12.9. The van der Waals surface area contributed by atoms with E-state index in [1.165, 1.54) is 21.9 Å². The van der Waals surface area contributed by atoms with Gasteiger partial charge in [0.1, 0.15) is 5.82 Å². The lowest BCUT2D eigenvalue weighted by Crippen LogP contribution is -2.10. The van der Waals surface area contributed by atoms with Gasteiger partial charge in [-0.05, 0) is 51.0 Å². The van der Waals surface area contributed by atoms with Crippen molar-refractivity contribution in [2.75, 3.05) is 5.32 Å². The highest BCUT2D eigenvalue weighted by Crippen LogP contribution is 2.38. The van der Waals surface area contributed by atoms with Crippen LogP contribution in [0.2, 0.25) is 5.02 Å². The van der Waals surface area contributed by atoms with Crippen molar-refractivity contribution < 1.29 is 4.39 Å². The fourth-order valence-corrected chi connectivity index (χ4v) is 4.60. The molecule has 0 amide bonds. The van der Waals surface area contributed by atoms with Crippen LogP contribution in [0.15, 0.2) is 51.6 Å². The first-order valence-electron chi connectivity index (χ1n) is 6.13. The Morgan fingerprint density at radius 2 is 1.71 bits per heavy atom. The zero-order valence-corrected chi connectivity index (χ0v) is 14.6. The summed E-state index contributed by atoms with van der Waals surface area (Å²) in [6.07, 6.45) is 0. The minimum absolute atomic E-state index is 0.00395. The lowest BCUT2D eigenvalue weighted by Gasteiger charge is -2.19. The minimum Gasteiger partial charge on any atom is -0.371 e. The van der Waals surface area contributed by atoms with Gasteiger partial charge in [0, 0.05) is 14.2 Å². The zero-order valence-electron chi connectivity index (χ0n) is 10.6. The van der Waals surface area contributed by atoms with Crippen LogP contribution in [-0.4, -0.2) is 0 Å². The van der Waals surface area contributed by atoms with E-state index in [2.05, 4.69) is 33.4 Å². The number of benzene rings is 1. The molecule has 0 saturated heterocycles. The largest absolute Gasteiger partial charge is 0.371 e. The SMILES string of the molecule is Fc1cc(Cl)c(NC(c2cccs2)c2cccs2)c(Br)c1. The van der Waals surface area contributed by atoms with Crippen LogP contribution < -0.4 is 5.32 Å². The van der Waals surface area contributed by atoms with Gasteiger partial charge in [-0.25, -0.2) is 4.39 Å². The molecule has 0 radical (unpaired) electrons. The maximum atomic E-state index is 13.4. The number of hydrogen-bond acceptors (Lipinski definition) is 3. The molecule has 1 N–H and O–H groups in total. The third-order valence-corrected chi connectivity index (χ3v) is 5.75. The van der Waals surface area contributed by atoms with Gasteiger partial charge >= 0.3 is 0 Å². The smallest absolute Gasteiger partial charge is 0.125 e. The van der Waals surface area contributed by atoms with Gasteiger partial charge in [-0.15, -0.1) is 22.7 Å². The monoisotopic (exact) mass is 401 g/mol. The lowest BCUT2D eigenvalue weighted by atomic mass is 10.2. The van der Waals surface area contributed by atoms with Gasteiger partial charge in [0.05, 0.1) is 16.8 Å². The van der Waals surface area contributed by atoms with Crippen LogP contribution in [0, 0.1) is 5.82 Å². The summed E-state index contributed by atoms with van der Waals surface area (Å²) in [5, 5.41) is 7.87. The van der Waals surface area contributed by atoms with Crippen LogP contribution in [0.1, 0.15) is 15.8 Å². The quantitative estimate of drug-likeness (QED) is 0.520. The number of anilines is 1. The van der Waals surface area contributed by atoms with Gasteiger partial charge in [0.15, 0.2) is 0 Å². The summed E-state index contributed by atoms with van der Waals surface area (Å²) in [4.78, 5) is 2.37. The van der Waals surface area contributed by atoms with E-state index < -0.39 is 0 Å². The normalized spacial score (nSPS) is 11.0. The number of rotatable bonds is 4. The number of nitrogens with one attached hydrogen (secondary N) is 1. The molecule has 108 valence electrons. The Morgan fingerprint density at radius 1 is 1.10 bits per heavy atom. The highest BCUT2D eigenvalue weighted by Gasteiger charge is 2.19. The molecule has 0 bridgehead atoms. The van der Waals surface area contributed by atoms with Crippen LogP contribution in [0.5, 0.6) is 0 Å². The molecule has 0 spiro atoms. The average Bonchev–Trinajstić information content (AvgIpc) is 3.11. The minimum atomic E-state index is -0.360. The van der Waals surface area contributed by atoms with Gasteiger partial charge in [-0.3, -0.25) is 0 Å². The number of hydrogen-bond donors (Lipinski definition) is 1. The predicted molar refractivity (Wildman–Crippen MR) is 93.2 cm³/mol. The molecule has 6 heteroatoms. The number of thiophene rings is 2. The molecule has 2 heterocycles. The summed E-state index contributed by atoms with van der Waals surface area (Å²) < 4.78 is 14.0. The van der Waals surface area contributed by atoms with Crippen molar-refractivity contribution in [3.63, 3.8) is 0 Å². The van der Waals surface area contributed by atoms with Crippen molar-refractivity contribution in [3.05, 3.63) is 72.2 Å². The van der Waals surface area contributed by atoms with Crippen molar-refractivity contribution in [2.24, 2.45) is 0 Å². The molecule has 0 aliphatic carbocycles. The van der Waals surface area contributed by atoms with Gasteiger partial charge in [0.2, 0.25) is 0 Å². The van der Waals surface area contributed by atoms with Crippen molar-refractivity contribution in [1.29, 1.82) is 0 Å². The standard InChI is InChI=1S/C15H10BrClFNS2/c16-10-7-9(18)8-11(17)14(10)19-15(12-3-1-5-20-12)13-4-2-6-21-13/h1-8,15,19H. The van der Waals surface area contributed by atoms with Crippen molar-refractivity contribution in [3.8, 4) is 0 Å². The van der Waals surface area contributed by atoms with Crippen LogP contribution >= 0.6 is 50.2 Å². The van der Waals surface area contributed by atoms with E-state index in [1.807, 2.05) is 22.9 Å². The van der Waals surface area contributed by atoms with Gasteiger partial charge in [0.25, 0.3) is 0 Å². The Balaban J connectivity index is 2.00. The molecule has 3 rings (SSSR count). The third kappa shape index (κ3) is 3.31. The van der Waals surface area contributed by atoms with E-state index in [4.69, 9.17) is 11.6 Å². The number of halogens is 3. The second-order valence-electron chi connectivity index (χ2n) is 4.35. The van der Waals surface area contributed by atoms with Crippen LogP contribution in [0.25, 0.3) is 0 Å². The molecule has 0 aliphatic heterocycles. The molecule has 0 fully saturated rings. The van der Waals surface area contributed by atoms with E-state index >= 15 is 0 Å². The first kappa shape index (κ1) is 15.0. The van der Waals surface area contributed by atoms with Crippen LogP contribution in [0.4, 0.5) is 10.1 Å². The summed E-state index contributed by atoms with van der Waals surface area (Å²) in [5.41, 5.74) is 0.699. The molecule has 0 atom stereocenters. The van der Waals surface area contributed by atoms with Crippen LogP contribution in [-0.2, 0) is 0 Å². The molecule has 1 aromatic carbocycles. The predicted octanol–water partition coefficient (Wildman–Crippen LogP) is 6.57. The highest BCUT2D eigenvalue weighted by molar-refractivity contribution is 9.10. The molecule has 1 nitrogen and oxygen atoms in total. The second kappa shape index (κ2) is 6.48. The van der Waals surface area contributed by atoms with E-state index in [0.717, 1.165) is 0 Å². The molecule has 0 saturated carbocycles. The van der Waals surface area contributed by atoms with Crippen molar-refractivity contribution >= 4 is 55.9 Å².